The van der Waals surface area contributed by atoms with Gasteiger partial charge in [0, 0.05) is 35.7 Å². The van der Waals surface area contributed by atoms with Crippen molar-refractivity contribution in [2.24, 2.45) is 0 Å². The molecule has 0 spiro atoms. The largest absolute Gasteiger partial charge is 0.315 e. The van der Waals surface area contributed by atoms with E-state index >= 15 is 0 Å². The predicted molar refractivity (Wildman–Crippen MR) is 80.1 cm³/mol. The van der Waals surface area contributed by atoms with Gasteiger partial charge in [0.05, 0.1) is 4.90 Å². The van der Waals surface area contributed by atoms with Crippen LogP contribution >= 0.6 is 11.3 Å². The van der Waals surface area contributed by atoms with Crippen molar-refractivity contribution in [3.8, 4) is 0 Å². The van der Waals surface area contributed by atoms with Crippen LogP contribution in [0.5, 0.6) is 0 Å². The Kier molecular flexibility index (Phi) is 4.87. The fourth-order valence-electron chi connectivity index (χ4n) is 1.71. The van der Waals surface area contributed by atoms with Gasteiger partial charge in [-0.1, -0.05) is 0 Å². The molecule has 0 aliphatic carbocycles. The van der Waals surface area contributed by atoms with Gasteiger partial charge in [0.2, 0.25) is 10.0 Å². The third-order valence-electron chi connectivity index (χ3n) is 2.89. The Labute approximate surface area is 123 Å². The molecule has 0 fully saturated rings. The minimum absolute atomic E-state index is 0.249. The first-order chi connectivity index (χ1) is 9.53. The van der Waals surface area contributed by atoms with Crippen molar-refractivity contribution in [1.29, 1.82) is 0 Å². The zero-order valence-corrected chi connectivity index (χ0v) is 13.0. The van der Waals surface area contributed by atoms with Crippen molar-refractivity contribution in [3.63, 3.8) is 0 Å². The van der Waals surface area contributed by atoms with E-state index in [1.165, 1.54) is 11.3 Å². The molecule has 0 bridgehead atoms. The number of hydrogen-bond donors (Lipinski definition) is 2. The molecule has 0 amide bonds. The van der Waals surface area contributed by atoms with Crippen LogP contribution in [-0.4, -0.2) is 20.4 Å². The minimum atomic E-state index is -3.47. The molecule has 2 aromatic rings. The Balaban J connectivity index is 2.09. The average molecular weight is 311 g/mol. The highest BCUT2D eigenvalue weighted by Crippen LogP contribution is 2.19. The van der Waals surface area contributed by atoms with Gasteiger partial charge in [0.1, 0.15) is 0 Å². The summed E-state index contributed by atoms with van der Waals surface area (Å²) in [6, 6.07) is 3.55. The van der Waals surface area contributed by atoms with Crippen LogP contribution in [0.15, 0.2) is 34.8 Å². The summed E-state index contributed by atoms with van der Waals surface area (Å²) in [5.74, 6) is 0. The van der Waals surface area contributed by atoms with Crippen molar-refractivity contribution in [3.05, 3.63) is 45.9 Å². The van der Waals surface area contributed by atoms with Gasteiger partial charge in [0.15, 0.2) is 0 Å². The van der Waals surface area contributed by atoms with E-state index in [1.807, 2.05) is 20.0 Å². The smallest absolute Gasteiger partial charge is 0.241 e. The summed E-state index contributed by atoms with van der Waals surface area (Å²) < 4.78 is 27.0. The molecule has 0 aliphatic rings. The lowest BCUT2D eigenvalue weighted by atomic mass is 10.2. The van der Waals surface area contributed by atoms with Gasteiger partial charge in [-0.25, -0.2) is 13.1 Å². The number of sulfonamides is 1. The maximum atomic E-state index is 12.2. The molecule has 0 saturated heterocycles. The second-order valence-electron chi connectivity index (χ2n) is 4.41. The highest BCUT2D eigenvalue weighted by atomic mass is 32.2. The fourth-order valence-corrected chi connectivity index (χ4v) is 4.00. The molecule has 0 unspecified atom stereocenters. The maximum absolute atomic E-state index is 12.2. The van der Waals surface area contributed by atoms with E-state index in [0.717, 1.165) is 16.0 Å². The number of nitrogens with one attached hydrogen (secondary N) is 2. The molecule has 2 N–H and O–H groups in total. The number of aryl methyl sites for hydroxylation is 1. The van der Waals surface area contributed by atoms with Crippen molar-refractivity contribution in [2.45, 2.75) is 24.9 Å². The molecule has 2 rings (SSSR count). The molecule has 5 nitrogen and oxygen atoms in total. The van der Waals surface area contributed by atoms with Crippen LogP contribution in [0.25, 0.3) is 0 Å². The lowest BCUT2D eigenvalue weighted by Gasteiger charge is -2.07. The van der Waals surface area contributed by atoms with E-state index in [0.29, 0.717) is 11.4 Å². The Hall–Kier alpha value is -1.28. The number of hydrogen-bond acceptors (Lipinski definition) is 5. The highest BCUT2D eigenvalue weighted by molar-refractivity contribution is 7.89. The first-order valence-corrected chi connectivity index (χ1v) is 8.50. The van der Waals surface area contributed by atoms with Gasteiger partial charge in [-0.3, -0.25) is 4.98 Å². The summed E-state index contributed by atoms with van der Waals surface area (Å²) in [5, 5.41) is 4.66. The Morgan fingerprint density at radius 3 is 2.85 bits per heavy atom. The Bertz CT molecular complexity index is 680. The average Bonchev–Trinajstić information content (AvgIpc) is 2.88. The molecule has 7 heteroatoms. The number of rotatable bonds is 6. The highest BCUT2D eigenvalue weighted by Gasteiger charge is 2.16. The summed E-state index contributed by atoms with van der Waals surface area (Å²) in [6.45, 7) is 2.85. The van der Waals surface area contributed by atoms with E-state index in [2.05, 4.69) is 15.0 Å². The molecular formula is C13H17N3O2S2. The molecule has 20 heavy (non-hydrogen) atoms. The van der Waals surface area contributed by atoms with Crippen molar-refractivity contribution in [2.75, 3.05) is 7.05 Å². The molecule has 2 heterocycles. The second-order valence-corrected chi connectivity index (χ2v) is 7.17. The normalized spacial score (nSPS) is 11.7. The molecule has 2 aromatic heterocycles. The number of thiophene rings is 1. The van der Waals surface area contributed by atoms with E-state index in [4.69, 9.17) is 0 Å². The lowest BCUT2D eigenvalue weighted by Crippen LogP contribution is -2.23. The van der Waals surface area contributed by atoms with E-state index in [1.54, 1.807) is 23.8 Å². The third kappa shape index (κ3) is 3.63. The van der Waals surface area contributed by atoms with E-state index in [9.17, 15) is 8.42 Å². The summed E-state index contributed by atoms with van der Waals surface area (Å²) in [6.07, 6.45) is 3.37. The molecule has 0 aromatic carbocycles. The Morgan fingerprint density at radius 2 is 2.15 bits per heavy atom. The maximum Gasteiger partial charge on any atom is 0.241 e. The number of nitrogens with zero attached hydrogens (tertiary/aromatic N) is 1. The standard InChI is InChI=1S/C13H17N3O2S2/c1-10-3-4-15-6-11(10)7-16-20(17,18)13-5-12(8-14-2)19-9-13/h3-6,9,14,16H,7-8H2,1-2H3. The molecular weight excluding hydrogens is 294 g/mol. The number of aromatic nitrogens is 1. The van der Waals surface area contributed by atoms with Crippen LogP contribution in [0.4, 0.5) is 0 Å². The van der Waals surface area contributed by atoms with Crippen LogP contribution in [0.1, 0.15) is 16.0 Å². The van der Waals surface area contributed by atoms with Gasteiger partial charge >= 0.3 is 0 Å². The van der Waals surface area contributed by atoms with Crippen molar-refractivity contribution < 1.29 is 8.42 Å². The van der Waals surface area contributed by atoms with Gasteiger partial charge in [-0.05, 0) is 37.2 Å². The molecule has 0 saturated carbocycles. The van der Waals surface area contributed by atoms with Crippen molar-refractivity contribution >= 4 is 21.4 Å². The van der Waals surface area contributed by atoms with Crippen LogP contribution in [-0.2, 0) is 23.1 Å². The summed E-state index contributed by atoms with van der Waals surface area (Å²) in [7, 11) is -1.64. The quantitative estimate of drug-likeness (QED) is 0.851. The van der Waals surface area contributed by atoms with Crippen LogP contribution in [0, 0.1) is 6.92 Å². The number of pyridine rings is 1. The molecule has 0 aliphatic heterocycles. The lowest BCUT2D eigenvalue weighted by molar-refractivity contribution is 0.581. The third-order valence-corrected chi connectivity index (χ3v) is 5.36. The van der Waals surface area contributed by atoms with E-state index < -0.39 is 10.0 Å². The van der Waals surface area contributed by atoms with Gasteiger partial charge < -0.3 is 5.32 Å². The molecule has 108 valence electrons. The van der Waals surface area contributed by atoms with Crippen molar-refractivity contribution in [1.82, 2.24) is 15.0 Å². The van der Waals surface area contributed by atoms with Gasteiger partial charge in [0.25, 0.3) is 0 Å². The van der Waals surface area contributed by atoms with Gasteiger partial charge in [-0.2, -0.15) is 0 Å². The fraction of sp³-hybridized carbons (Fsp3) is 0.308. The van der Waals surface area contributed by atoms with Gasteiger partial charge in [-0.15, -0.1) is 11.3 Å². The molecule has 0 radical (unpaired) electrons. The summed E-state index contributed by atoms with van der Waals surface area (Å²) >= 11 is 1.43. The minimum Gasteiger partial charge on any atom is -0.315 e. The second kappa shape index (κ2) is 6.45. The first-order valence-electron chi connectivity index (χ1n) is 6.14. The summed E-state index contributed by atoms with van der Waals surface area (Å²) in [4.78, 5) is 5.31. The predicted octanol–water partition coefficient (Wildman–Crippen LogP) is 1.65. The first kappa shape index (κ1) is 15.1. The summed E-state index contributed by atoms with van der Waals surface area (Å²) in [5.41, 5.74) is 1.89. The molecule has 0 atom stereocenters. The SMILES string of the molecule is CNCc1cc(S(=O)(=O)NCc2cnccc2C)cs1. The van der Waals surface area contributed by atoms with Crippen LogP contribution in [0.3, 0.4) is 0 Å². The van der Waals surface area contributed by atoms with Crippen LogP contribution < -0.4 is 10.0 Å². The van der Waals surface area contributed by atoms with Crippen LogP contribution in [0.2, 0.25) is 0 Å². The zero-order chi connectivity index (χ0) is 14.6. The topological polar surface area (TPSA) is 71.1 Å². The monoisotopic (exact) mass is 311 g/mol. The Morgan fingerprint density at radius 1 is 1.35 bits per heavy atom. The van der Waals surface area contributed by atoms with E-state index in [-0.39, 0.29) is 6.54 Å². The zero-order valence-electron chi connectivity index (χ0n) is 11.4.